The standard InChI is InChI=1S/C19H11N5O4S/c25-18(26)15-14-13-16(21-9-22-17(13)29-15)24(19(27)23-14)10-3-5-11(6-4-10)28-12-2-1-7-20-8-12/h1-9H,(H,23,27)(H,25,26). The van der Waals surface area contributed by atoms with E-state index in [0.29, 0.717) is 33.2 Å². The number of nitrogens with zero attached hydrogens (tertiary/aromatic N) is 4. The van der Waals surface area contributed by atoms with Crippen molar-refractivity contribution in [1.29, 1.82) is 0 Å². The molecule has 1 aliphatic rings. The van der Waals surface area contributed by atoms with Crippen LogP contribution in [0.15, 0.2) is 55.1 Å². The number of ether oxygens (including phenoxy) is 1. The van der Waals surface area contributed by atoms with E-state index in [4.69, 9.17) is 4.74 Å². The smallest absolute Gasteiger partial charge is 0.348 e. The molecule has 5 rings (SSSR count). The molecule has 0 aliphatic carbocycles. The Morgan fingerprint density at radius 1 is 1.14 bits per heavy atom. The van der Waals surface area contributed by atoms with E-state index in [2.05, 4.69) is 20.3 Å². The van der Waals surface area contributed by atoms with E-state index in [1.807, 2.05) is 0 Å². The highest BCUT2D eigenvalue weighted by Gasteiger charge is 2.33. The molecule has 0 unspecified atom stereocenters. The molecule has 0 spiro atoms. The average Bonchev–Trinajstić information content (AvgIpc) is 3.10. The summed E-state index contributed by atoms with van der Waals surface area (Å²) in [6, 6.07) is 9.93. The predicted octanol–water partition coefficient (Wildman–Crippen LogP) is 4.26. The molecule has 29 heavy (non-hydrogen) atoms. The second-order valence-electron chi connectivity index (χ2n) is 6.04. The number of carbonyl (C=O) groups is 2. The normalized spacial score (nSPS) is 12.7. The number of aromatic carboxylic acids is 1. The Kier molecular flexibility index (Phi) is 3.85. The van der Waals surface area contributed by atoms with Crippen molar-refractivity contribution in [2.45, 2.75) is 0 Å². The Morgan fingerprint density at radius 2 is 1.97 bits per heavy atom. The van der Waals surface area contributed by atoms with E-state index in [-0.39, 0.29) is 10.6 Å². The lowest BCUT2D eigenvalue weighted by molar-refractivity contribution is 0.0703. The molecule has 10 heteroatoms. The van der Waals surface area contributed by atoms with E-state index >= 15 is 0 Å². The van der Waals surface area contributed by atoms with Crippen LogP contribution in [0.25, 0.3) is 10.2 Å². The zero-order chi connectivity index (χ0) is 20.0. The molecule has 0 fully saturated rings. The monoisotopic (exact) mass is 405 g/mol. The second-order valence-corrected chi connectivity index (χ2v) is 7.04. The second kappa shape index (κ2) is 6.53. The Morgan fingerprint density at radius 3 is 2.69 bits per heavy atom. The van der Waals surface area contributed by atoms with Gasteiger partial charge in [-0.25, -0.2) is 24.5 Å². The first-order chi connectivity index (χ1) is 14.1. The van der Waals surface area contributed by atoms with Crippen LogP contribution in [0.2, 0.25) is 0 Å². The van der Waals surface area contributed by atoms with E-state index in [1.54, 1.807) is 48.8 Å². The number of pyridine rings is 1. The number of carboxylic acids is 1. The van der Waals surface area contributed by atoms with Gasteiger partial charge in [-0.3, -0.25) is 4.98 Å². The van der Waals surface area contributed by atoms with Crippen molar-refractivity contribution in [3.63, 3.8) is 0 Å². The van der Waals surface area contributed by atoms with Crippen molar-refractivity contribution in [3.8, 4) is 11.5 Å². The molecule has 4 aromatic rings. The summed E-state index contributed by atoms with van der Waals surface area (Å²) >= 11 is 0.996. The molecule has 4 heterocycles. The van der Waals surface area contributed by atoms with Crippen LogP contribution >= 0.6 is 11.3 Å². The molecule has 2 N–H and O–H groups in total. The number of anilines is 3. The van der Waals surface area contributed by atoms with Crippen LogP contribution < -0.4 is 15.0 Å². The molecular weight excluding hydrogens is 394 g/mol. The zero-order valence-corrected chi connectivity index (χ0v) is 15.4. The number of hydrogen-bond donors (Lipinski definition) is 2. The van der Waals surface area contributed by atoms with Crippen LogP contribution in [0, 0.1) is 0 Å². The third-order valence-electron chi connectivity index (χ3n) is 4.27. The Hall–Kier alpha value is -4.05. The van der Waals surface area contributed by atoms with E-state index in [9.17, 15) is 14.7 Å². The van der Waals surface area contributed by atoms with Crippen LogP contribution in [0.1, 0.15) is 9.67 Å². The largest absolute Gasteiger partial charge is 0.477 e. The van der Waals surface area contributed by atoms with Crippen LogP contribution in [0.5, 0.6) is 11.5 Å². The maximum absolute atomic E-state index is 12.8. The third kappa shape index (κ3) is 2.82. The lowest BCUT2D eigenvalue weighted by Gasteiger charge is -2.27. The van der Waals surface area contributed by atoms with Crippen molar-refractivity contribution >= 4 is 50.7 Å². The molecule has 0 radical (unpaired) electrons. The van der Waals surface area contributed by atoms with E-state index in [0.717, 1.165) is 11.3 Å². The molecule has 0 saturated carbocycles. The van der Waals surface area contributed by atoms with Gasteiger partial charge in [-0.15, -0.1) is 11.3 Å². The fourth-order valence-electron chi connectivity index (χ4n) is 3.06. The maximum Gasteiger partial charge on any atom is 0.348 e. The molecule has 0 bridgehead atoms. The summed E-state index contributed by atoms with van der Waals surface area (Å²) in [5.41, 5.74) is 0.778. The first-order valence-electron chi connectivity index (χ1n) is 8.41. The predicted molar refractivity (Wildman–Crippen MR) is 106 cm³/mol. The molecule has 1 aromatic carbocycles. The van der Waals surface area contributed by atoms with Gasteiger partial charge in [0.15, 0.2) is 5.82 Å². The van der Waals surface area contributed by atoms with Crippen molar-refractivity contribution in [2.24, 2.45) is 0 Å². The van der Waals surface area contributed by atoms with Gasteiger partial charge in [0.1, 0.15) is 27.5 Å². The summed E-state index contributed by atoms with van der Waals surface area (Å²) in [6.45, 7) is 0. The van der Waals surface area contributed by atoms with Gasteiger partial charge in [-0.2, -0.15) is 0 Å². The molecule has 2 amide bonds. The van der Waals surface area contributed by atoms with E-state index in [1.165, 1.54) is 11.2 Å². The number of aromatic nitrogens is 3. The molecule has 0 atom stereocenters. The molecule has 0 saturated heterocycles. The number of hydrogen-bond acceptors (Lipinski definition) is 7. The highest BCUT2D eigenvalue weighted by molar-refractivity contribution is 7.21. The Balaban J connectivity index is 1.54. The van der Waals surface area contributed by atoms with Crippen LogP contribution in [0.4, 0.5) is 22.0 Å². The molecule has 142 valence electrons. The van der Waals surface area contributed by atoms with Gasteiger partial charge in [0, 0.05) is 6.20 Å². The highest BCUT2D eigenvalue weighted by Crippen LogP contribution is 2.44. The summed E-state index contributed by atoms with van der Waals surface area (Å²) < 4.78 is 5.72. The summed E-state index contributed by atoms with van der Waals surface area (Å²) in [6.07, 6.45) is 4.57. The number of urea groups is 1. The number of thiophene rings is 1. The molecule has 3 aromatic heterocycles. The van der Waals surface area contributed by atoms with Gasteiger partial charge in [0.05, 0.1) is 23.0 Å². The summed E-state index contributed by atoms with van der Waals surface area (Å²) in [4.78, 5) is 38.6. The summed E-state index contributed by atoms with van der Waals surface area (Å²) in [5, 5.41) is 12.6. The van der Waals surface area contributed by atoms with Crippen molar-refractivity contribution in [2.75, 3.05) is 10.2 Å². The SMILES string of the molecule is O=C(O)c1sc2ncnc3c2c1NC(=O)N3c1ccc(Oc2cccnc2)cc1. The third-order valence-corrected chi connectivity index (χ3v) is 5.36. The van der Waals surface area contributed by atoms with Crippen molar-refractivity contribution in [1.82, 2.24) is 15.0 Å². The molecule has 9 nitrogen and oxygen atoms in total. The number of benzene rings is 1. The average molecular weight is 405 g/mol. The maximum atomic E-state index is 12.8. The summed E-state index contributed by atoms with van der Waals surface area (Å²) in [5.74, 6) is 0.381. The van der Waals surface area contributed by atoms with Crippen LogP contribution in [-0.2, 0) is 0 Å². The Bertz CT molecular complexity index is 1260. The fourth-order valence-corrected chi connectivity index (χ4v) is 3.99. The number of carboxylic acid groups (broad SMARTS) is 1. The van der Waals surface area contributed by atoms with E-state index < -0.39 is 12.0 Å². The minimum Gasteiger partial charge on any atom is -0.477 e. The molecular formula is C19H11N5O4S. The van der Waals surface area contributed by atoms with Gasteiger partial charge < -0.3 is 15.2 Å². The van der Waals surface area contributed by atoms with Crippen LogP contribution in [-0.4, -0.2) is 32.1 Å². The first kappa shape index (κ1) is 17.1. The van der Waals surface area contributed by atoms with Gasteiger partial charge in [0.25, 0.3) is 0 Å². The highest BCUT2D eigenvalue weighted by atomic mass is 32.1. The minimum atomic E-state index is -1.13. The van der Waals surface area contributed by atoms with Gasteiger partial charge in [-0.1, -0.05) is 0 Å². The quantitative estimate of drug-likeness (QED) is 0.521. The van der Waals surface area contributed by atoms with Crippen LogP contribution in [0.3, 0.4) is 0 Å². The number of amides is 2. The Labute approximate surface area is 167 Å². The van der Waals surface area contributed by atoms with Crippen molar-refractivity contribution in [3.05, 3.63) is 60.0 Å². The lowest BCUT2D eigenvalue weighted by Crippen LogP contribution is -2.34. The van der Waals surface area contributed by atoms with Gasteiger partial charge >= 0.3 is 12.0 Å². The first-order valence-corrected chi connectivity index (χ1v) is 9.23. The summed E-state index contributed by atoms with van der Waals surface area (Å²) in [7, 11) is 0. The number of rotatable bonds is 4. The van der Waals surface area contributed by atoms with Crippen molar-refractivity contribution < 1.29 is 19.4 Å². The topological polar surface area (TPSA) is 118 Å². The lowest BCUT2D eigenvalue weighted by atomic mass is 10.2. The van der Waals surface area contributed by atoms with Gasteiger partial charge in [0.2, 0.25) is 0 Å². The minimum absolute atomic E-state index is 0.0231. The number of carbonyl (C=O) groups excluding carboxylic acids is 1. The van der Waals surface area contributed by atoms with Gasteiger partial charge in [-0.05, 0) is 36.4 Å². The molecule has 1 aliphatic heterocycles. The fraction of sp³-hybridized carbons (Fsp3) is 0. The number of nitrogens with one attached hydrogen (secondary N) is 1. The zero-order valence-electron chi connectivity index (χ0n) is 14.6.